The van der Waals surface area contributed by atoms with E-state index in [4.69, 9.17) is 4.74 Å². The first-order valence-electron chi connectivity index (χ1n) is 10.1. The summed E-state index contributed by atoms with van der Waals surface area (Å²) in [4.78, 5) is 14.7. The van der Waals surface area contributed by atoms with Crippen molar-refractivity contribution in [3.8, 4) is 0 Å². The van der Waals surface area contributed by atoms with Gasteiger partial charge in [0.1, 0.15) is 10.7 Å². The molecule has 2 heterocycles. The molecule has 0 aromatic heterocycles. The summed E-state index contributed by atoms with van der Waals surface area (Å²) in [5.74, 6) is 0.227. The molecule has 0 spiro atoms. The molecule has 4 rings (SSSR count). The van der Waals surface area contributed by atoms with Crippen molar-refractivity contribution >= 4 is 33.1 Å². The zero-order valence-corrected chi connectivity index (χ0v) is 17.9. The van der Waals surface area contributed by atoms with Crippen LogP contribution in [-0.2, 0) is 14.8 Å². The maximum absolute atomic E-state index is 12.8. The zero-order chi connectivity index (χ0) is 21.3. The summed E-state index contributed by atoms with van der Waals surface area (Å²) >= 11 is 0. The van der Waals surface area contributed by atoms with Crippen molar-refractivity contribution in [2.45, 2.75) is 44.1 Å². The van der Waals surface area contributed by atoms with E-state index in [9.17, 15) is 13.2 Å². The molecule has 1 N–H and O–H groups in total. The van der Waals surface area contributed by atoms with Gasteiger partial charge in [0.2, 0.25) is 0 Å². The summed E-state index contributed by atoms with van der Waals surface area (Å²) in [5.41, 5.74) is 2.38. The van der Waals surface area contributed by atoms with Gasteiger partial charge in [-0.15, -0.1) is 4.40 Å². The molecule has 0 radical (unpaired) electrons. The van der Waals surface area contributed by atoms with Gasteiger partial charge in [0, 0.05) is 24.3 Å². The van der Waals surface area contributed by atoms with Crippen LogP contribution in [0.1, 0.15) is 42.1 Å². The SMILES string of the molecule is CCC1=NS(=O)(=O)c2cc(NC(=O)c3ccccc3C)ccc2N1CC1CCCO1. The number of carbonyl (C=O) groups excluding carboxylic acids is 1. The van der Waals surface area contributed by atoms with E-state index in [1.165, 1.54) is 6.07 Å². The van der Waals surface area contributed by atoms with Crippen molar-refractivity contribution < 1.29 is 17.9 Å². The van der Waals surface area contributed by atoms with E-state index in [0.29, 0.717) is 35.7 Å². The van der Waals surface area contributed by atoms with Crippen molar-refractivity contribution in [3.05, 3.63) is 53.6 Å². The maximum atomic E-state index is 12.8. The molecule has 2 aliphatic heterocycles. The average molecular weight is 428 g/mol. The second-order valence-electron chi connectivity index (χ2n) is 7.53. The Balaban J connectivity index is 1.66. The normalized spacial score (nSPS) is 19.9. The standard InChI is InChI=1S/C22H25N3O4S/c1-3-21-24-30(27,28)20-13-16(23-22(26)18-9-5-4-7-15(18)2)10-11-19(20)25(21)14-17-8-6-12-29-17/h4-5,7,9-11,13,17H,3,6,8,12,14H2,1-2H3,(H,23,26). The molecule has 0 bridgehead atoms. The van der Waals surface area contributed by atoms with Crippen LogP contribution in [0, 0.1) is 6.92 Å². The molecule has 0 saturated carbocycles. The van der Waals surface area contributed by atoms with E-state index in [2.05, 4.69) is 9.71 Å². The van der Waals surface area contributed by atoms with Gasteiger partial charge >= 0.3 is 0 Å². The predicted octanol–water partition coefficient (Wildman–Crippen LogP) is 3.74. The number of sulfonamides is 1. The number of fused-ring (bicyclic) bond motifs is 1. The van der Waals surface area contributed by atoms with Gasteiger partial charge in [-0.2, -0.15) is 8.42 Å². The molecule has 1 amide bonds. The number of amidine groups is 1. The first-order valence-corrected chi connectivity index (χ1v) is 11.6. The third-order valence-corrected chi connectivity index (χ3v) is 6.77. The number of nitrogens with one attached hydrogen (secondary N) is 1. The Labute approximate surface area is 176 Å². The second kappa shape index (κ2) is 8.20. The van der Waals surface area contributed by atoms with Crippen LogP contribution in [0.2, 0.25) is 0 Å². The van der Waals surface area contributed by atoms with Gasteiger partial charge < -0.3 is 15.0 Å². The number of aryl methyl sites for hydroxylation is 1. The van der Waals surface area contributed by atoms with Crippen LogP contribution in [0.3, 0.4) is 0 Å². The van der Waals surface area contributed by atoms with Crippen LogP contribution in [-0.4, -0.2) is 39.4 Å². The number of nitrogens with zero attached hydrogens (tertiary/aromatic N) is 2. The van der Waals surface area contributed by atoms with Crippen LogP contribution in [0.5, 0.6) is 0 Å². The van der Waals surface area contributed by atoms with E-state index >= 15 is 0 Å². The number of carbonyl (C=O) groups is 1. The summed E-state index contributed by atoms with van der Waals surface area (Å²) in [6.07, 6.45) is 2.50. The van der Waals surface area contributed by atoms with Gasteiger partial charge in [0.15, 0.2) is 0 Å². The first-order chi connectivity index (χ1) is 14.4. The molecule has 158 valence electrons. The highest BCUT2D eigenvalue weighted by atomic mass is 32.2. The van der Waals surface area contributed by atoms with Gasteiger partial charge in [-0.3, -0.25) is 4.79 Å². The number of benzene rings is 2. The number of amides is 1. The van der Waals surface area contributed by atoms with Crippen molar-refractivity contribution in [3.63, 3.8) is 0 Å². The van der Waals surface area contributed by atoms with Gasteiger partial charge in [-0.1, -0.05) is 25.1 Å². The van der Waals surface area contributed by atoms with Crippen molar-refractivity contribution in [1.82, 2.24) is 0 Å². The lowest BCUT2D eigenvalue weighted by atomic mass is 10.1. The average Bonchev–Trinajstić information content (AvgIpc) is 3.23. The summed E-state index contributed by atoms with van der Waals surface area (Å²) in [7, 11) is -3.85. The summed E-state index contributed by atoms with van der Waals surface area (Å²) in [6.45, 7) is 5.03. The molecule has 30 heavy (non-hydrogen) atoms. The third-order valence-electron chi connectivity index (χ3n) is 5.44. The van der Waals surface area contributed by atoms with Crippen LogP contribution >= 0.6 is 0 Å². The monoisotopic (exact) mass is 427 g/mol. The minimum absolute atomic E-state index is 0.0517. The van der Waals surface area contributed by atoms with E-state index in [1.54, 1.807) is 24.3 Å². The Morgan fingerprint density at radius 2 is 2.07 bits per heavy atom. The molecule has 1 fully saturated rings. The van der Waals surface area contributed by atoms with E-state index in [0.717, 1.165) is 25.0 Å². The van der Waals surface area contributed by atoms with E-state index in [-0.39, 0.29) is 16.9 Å². The summed E-state index contributed by atoms with van der Waals surface area (Å²) in [6, 6.07) is 12.2. The molecule has 2 aromatic carbocycles. The van der Waals surface area contributed by atoms with Crippen molar-refractivity contribution in [2.24, 2.45) is 4.40 Å². The molecular weight excluding hydrogens is 402 g/mol. The van der Waals surface area contributed by atoms with Gasteiger partial charge in [-0.25, -0.2) is 0 Å². The molecule has 1 atom stereocenters. The lowest BCUT2D eigenvalue weighted by Crippen LogP contribution is -2.40. The molecule has 7 nitrogen and oxygen atoms in total. The summed E-state index contributed by atoms with van der Waals surface area (Å²) < 4.78 is 35.4. The first kappa shape index (κ1) is 20.6. The highest BCUT2D eigenvalue weighted by molar-refractivity contribution is 7.90. The quantitative estimate of drug-likeness (QED) is 0.785. The molecule has 2 aliphatic rings. The van der Waals surface area contributed by atoms with Crippen molar-refractivity contribution in [1.29, 1.82) is 0 Å². The highest BCUT2D eigenvalue weighted by Gasteiger charge is 2.32. The number of ether oxygens (including phenoxy) is 1. The molecule has 8 heteroatoms. The second-order valence-corrected chi connectivity index (χ2v) is 9.11. The Morgan fingerprint density at radius 1 is 1.27 bits per heavy atom. The Hall–Kier alpha value is -2.71. The molecule has 1 unspecified atom stereocenters. The fraction of sp³-hybridized carbons (Fsp3) is 0.364. The largest absolute Gasteiger partial charge is 0.376 e. The van der Waals surface area contributed by atoms with Crippen LogP contribution < -0.4 is 10.2 Å². The smallest absolute Gasteiger partial charge is 0.286 e. The fourth-order valence-corrected chi connectivity index (χ4v) is 5.20. The maximum Gasteiger partial charge on any atom is 0.286 e. The van der Waals surface area contributed by atoms with Crippen LogP contribution in [0.25, 0.3) is 0 Å². The third kappa shape index (κ3) is 3.97. The molecule has 0 aliphatic carbocycles. The zero-order valence-electron chi connectivity index (χ0n) is 17.1. The Kier molecular flexibility index (Phi) is 5.62. The van der Waals surface area contributed by atoms with Crippen molar-refractivity contribution in [2.75, 3.05) is 23.4 Å². The summed E-state index contributed by atoms with van der Waals surface area (Å²) in [5, 5.41) is 2.81. The van der Waals surface area contributed by atoms with E-state index in [1.807, 2.05) is 30.9 Å². The van der Waals surface area contributed by atoms with Gasteiger partial charge in [-0.05, 0) is 49.6 Å². The number of rotatable bonds is 5. The minimum atomic E-state index is -3.85. The van der Waals surface area contributed by atoms with E-state index < -0.39 is 10.0 Å². The molecule has 1 saturated heterocycles. The van der Waals surface area contributed by atoms with Crippen LogP contribution in [0.15, 0.2) is 51.8 Å². The fourth-order valence-electron chi connectivity index (χ4n) is 3.87. The lowest BCUT2D eigenvalue weighted by Gasteiger charge is -2.32. The predicted molar refractivity (Wildman–Crippen MR) is 117 cm³/mol. The number of hydrogen-bond donors (Lipinski definition) is 1. The number of hydrogen-bond acceptors (Lipinski definition) is 5. The molecular formula is C22H25N3O4S. The van der Waals surface area contributed by atoms with Crippen LogP contribution in [0.4, 0.5) is 11.4 Å². The van der Waals surface area contributed by atoms with Gasteiger partial charge in [0.05, 0.1) is 18.3 Å². The number of anilines is 2. The molecule has 2 aromatic rings. The minimum Gasteiger partial charge on any atom is -0.376 e. The Bertz CT molecular complexity index is 1110. The van der Waals surface area contributed by atoms with Gasteiger partial charge in [0.25, 0.3) is 15.9 Å². The lowest BCUT2D eigenvalue weighted by molar-refractivity contribution is 0.102. The highest BCUT2D eigenvalue weighted by Crippen LogP contribution is 2.35. The Morgan fingerprint density at radius 3 is 2.77 bits per heavy atom. The topological polar surface area (TPSA) is 88.1 Å².